The Bertz CT molecular complexity index is 645. The summed E-state index contributed by atoms with van der Waals surface area (Å²) in [6.45, 7) is 0. The molecule has 1 aromatic heterocycles. The highest BCUT2D eigenvalue weighted by Crippen LogP contribution is 2.32. The van der Waals surface area contributed by atoms with Crippen LogP contribution in [0.3, 0.4) is 0 Å². The summed E-state index contributed by atoms with van der Waals surface area (Å²) >= 11 is 3.19. The van der Waals surface area contributed by atoms with Crippen LogP contribution < -0.4 is 0 Å². The summed E-state index contributed by atoms with van der Waals surface area (Å²) in [5, 5.41) is 9.99. The van der Waals surface area contributed by atoms with Crippen molar-refractivity contribution in [2.75, 3.05) is 0 Å². The molecule has 1 N–H and O–H groups in total. The van der Waals surface area contributed by atoms with Crippen molar-refractivity contribution in [1.82, 2.24) is 4.98 Å². The third-order valence-corrected chi connectivity index (χ3v) is 3.31. The van der Waals surface area contributed by atoms with Crippen LogP contribution in [0.5, 0.6) is 0 Å². The van der Waals surface area contributed by atoms with Crippen LogP contribution in [-0.2, 0) is 12.6 Å². The van der Waals surface area contributed by atoms with Gasteiger partial charge < -0.3 is 5.11 Å². The molecule has 0 saturated carbocycles. The van der Waals surface area contributed by atoms with Gasteiger partial charge in [0, 0.05) is 28.9 Å². The number of pyridine rings is 1. The van der Waals surface area contributed by atoms with Crippen LogP contribution in [-0.4, -0.2) is 10.1 Å². The van der Waals surface area contributed by atoms with E-state index in [9.17, 15) is 22.7 Å². The molecule has 1 heterocycles. The van der Waals surface area contributed by atoms with E-state index in [0.717, 1.165) is 0 Å². The van der Waals surface area contributed by atoms with E-state index in [2.05, 4.69) is 20.9 Å². The van der Waals surface area contributed by atoms with Gasteiger partial charge in [0.05, 0.1) is 11.7 Å². The fourth-order valence-corrected chi connectivity index (χ4v) is 2.29. The van der Waals surface area contributed by atoms with Crippen LogP contribution in [0.4, 0.5) is 17.6 Å². The molecule has 2 aromatic rings. The van der Waals surface area contributed by atoms with E-state index in [1.54, 1.807) is 6.07 Å². The smallest absolute Gasteiger partial charge is 0.388 e. The SMILES string of the molecule is OC(Cc1cncc(Br)c1)c1cc(C(F)(F)F)ccc1F. The molecule has 7 heteroatoms. The minimum atomic E-state index is -4.58. The molecule has 1 atom stereocenters. The van der Waals surface area contributed by atoms with Crippen LogP contribution >= 0.6 is 15.9 Å². The molecule has 0 fully saturated rings. The van der Waals surface area contributed by atoms with Crippen LogP contribution in [0.25, 0.3) is 0 Å². The first-order chi connectivity index (χ1) is 9.77. The Kier molecular flexibility index (Phi) is 4.63. The van der Waals surface area contributed by atoms with E-state index >= 15 is 0 Å². The maximum atomic E-state index is 13.6. The Hall–Kier alpha value is -1.47. The van der Waals surface area contributed by atoms with E-state index < -0.39 is 23.7 Å². The van der Waals surface area contributed by atoms with E-state index in [-0.39, 0.29) is 12.0 Å². The Morgan fingerprint density at radius 2 is 1.90 bits per heavy atom. The van der Waals surface area contributed by atoms with Gasteiger partial charge in [-0.05, 0) is 45.8 Å². The van der Waals surface area contributed by atoms with Gasteiger partial charge in [-0.3, -0.25) is 4.98 Å². The summed E-state index contributed by atoms with van der Waals surface area (Å²) in [6.07, 6.45) is -3.02. The van der Waals surface area contributed by atoms with Crippen molar-refractivity contribution in [3.8, 4) is 0 Å². The second-order valence-corrected chi connectivity index (χ2v) is 5.38. The quantitative estimate of drug-likeness (QED) is 0.825. The number of aliphatic hydroxyl groups excluding tert-OH is 1. The van der Waals surface area contributed by atoms with Gasteiger partial charge >= 0.3 is 6.18 Å². The average Bonchev–Trinajstić information content (AvgIpc) is 2.37. The summed E-state index contributed by atoms with van der Waals surface area (Å²) < 4.78 is 52.2. The topological polar surface area (TPSA) is 33.1 Å². The molecular weight excluding hydrogens is 354 g/mol. The molecule has 0 spiro atoms. The molecule has 0 amide bonds. The second-order valence-electron chi connectivity index (χ2n) is 4.47. The number of halogens is 5. The van der Waals surface area contributed by atoms with Crippen molar-refractivity contribution in [1.29, 1.82) is 0 Å². The normalized spacial score (nSPS) is 13.2. The van der Waals surface area contributed by atoms with Gasteiger partial charge in [-0.15, -0.1) is 0 Å². The number of aliphatic hydroxyl groups is 1. The Morgan fingerprint density at radius 3 is 2.52 bits per heavy atom. The minimum Gasteiger partial charge on any atom is -0.388 e. The van der Waals surface area contributed by atoms with Crippen molar-refractivity contribution in [3.05, 3.63) is 63.6 Å². The number of rotatable bonds is 3. The Balaban J connectivity index is 2.28. The molecular formula is C14H10BrF4NO. The molecule has 21 heavy (non-hydrogen) atoms. The fourth-order valence-electron chi connectivity index (χ4n) is 1.88. The summed E-state index contributed by atoms with van der Waals surface area (Å²) in [7, 11) is 0. The van der Waals surface area contributed by atoms with Gasteiger partial charge in [0.15, 0.2) is 0 Å². The van der Waals surface area contributed by atoms with Crippen molar-refractivity contribution >= 4 is 15.9 Å². The molecule has 0 bridgehead atoms. The van der Waals surface area contributed by atoms with E-state index in [1.807, 2.05) is 0 Å². The van der Waals surface area contributed by atoms with Crippen LogP contribution in [0, 0.1) is 5.82 Å². The largest absolute Gasteiger partial charge is 0.416 e. The van der Waals surface area contributed by atoms with Crippen molar-refractivity contribution in [2.24, 2.45) is 0 Å². The lowest BCUT2D eigenvalue weighted by atomic mass is 10.00. The highest BCUT2D eigenvalue weighted by atomic mass is 79.9. The predicted molar refractivity (Wildman–Crippen MR) is 72.0 cm³/mol. The molecule has 0 aliphatic heterocycles. The first kappa shape index (κ1) is 15.9. The molecule has 0 radical (unpaired) electrons. The van der Waals surface area contributed by atoms with Gasteiger partial charge in [0.2, 0.25) is 0 Å². The van der Waals surface area contributed by atoms with Crippen LogP contribution in [0.15, 0.2) is 41.1 Å². The fraction of sp³-hybridized carbons (Fsp3) is 0.214. The number of hydrogen-bond acceptors (Lipinski definition) is 2. The highest BCUT2D eigenvalue weighted by molar-refractivity contribution is 9.10. The number of alkyl halides is 3. The number of hydrogen-bond donors (Lipinski definition) is 1. The van der Waals surface area contributed by atoms with Crippen LogP contribution in [0.2, 0.25) is 0 Å². The zero-order valence-electron chi connectivity index (χ0n) is 10.5. The third-order valence-electron chi connectivity index (χ3n) is 2.87. The predicted octanol–water partition coefficient (Wildman–Crippen LogP) is 4.28. The highest BCUT2D eigenvalue weighted by Gasteiger charge is 2.31. The molecule has 2 nitrogen and oxygen atoms in total. The van der Waals surface area contributed by atoms with E-state index in [4.69, 9.17) is 0 Å². The standard InChI is InChI=1S/C14H10BrF4NO/c15-10-3-8(6-20-7-10)4-13(21)11-5-9(14(17,18)19)1-2-12(11)16/h1-3,5-7,13,21H,4H2. The monoisotopic (exact) mass is 363 g/mol. The van der Waals surface area contributed by atoms with Crippen molar-refractivity contribution in [2.45, 2.75) is 18.7 Å². The lowest BCUT2D eigenvalue weighted by molar-refractivity contribution is -0.137. The maximum absolute atomic E-state index is 13.6. The molecule has 0 aliphatic carbocycles. The number of benzene rings is 1. The van der Waals surface area contributed by atoms with Crippen molar-refractivity contribution < 1.29 is 22.7 Å². The van der Waals surface area contributed by atoms with Gasteiger partial charge in [-0.2, -0.15) is 13.2 Å². The Labute approximate surface area is 126 Å². The lowest BCUT2D eigenvalue weighted by Crippen LogP contribution is -2.10. The van der Waals surface area contributed by atoms with E-state index in [0.29, 0.717) is 28.2 Å². The van der Waals surface area contributed by atoms with Gasteiger partial charge in [-0.1, -0.05) is 0 Å². The first-order valence-corrected chi connectivity index (χ1v) is 6.71. The van der Waals surface area contributed by atoms with E-state index in [1.165, 1.54) is 12.4 Å². The zero-order chi connectivity index (χ0) is 15.6. The molecule has 1 aromatic carbocycles. The summed E-state index contributed by atoms with van der Waals surface area (Å²) in [5.41, 5.74) is -0.802. The summed E-state index contributed by atoms with van der Waals surface area (Å²) in [6, 6.07) is 3.64. The van der Waals surface area contributed by atoms with Gasteiger partial charge in [-0.25, -0.2) is 4.39 Å². The molecule has 0 saturated heterocycles. The first-order valence-electron chi connectivity index (χ1n) is 5.91. The number of nitrogens with zero attached hydrogens (tertiary/aromatic N) is 1. The second kappa shape index (κ2) is 6.11. The maximum Gasteiger partial charge on any atom is 0.416 e. The van der Waals surface area contributed by atoms with Crippen molar-refractivity contribution in [3.63, 3.8) is 0 Å². The third kappa shape index (κ3) is 4.01. The summed E-state index contributed by atoms with van der Waals surface area (Å²) in [4.78, 5) is 3.88. The molecule has 2 rings (SSSR count). The average molecular weight is 364 g/mol. The molecule has 1 unspecified atom stereocenters. The van der Waals surface area contributed by atoms with Gasteiger partial charge in [0.1, 0.15) is 5.82 Å². The van der Waals surface area contributed by atoms with Gasteiger partial charge in [0.25, 0.3) is 0 Å². The number of aromatic nitrogens is 1. The zero-order valence-corrected chi connectivity index (χ0v) is 12.1. The Morgan fingerprint density at radius 1 is 1.19 bits per heavy atom. The molecule has 0 aliphatic rings. The lowest BCUT2D eigenvalue weighted by Gasteiger charge is -2.15. The molecule has 112 valence electrons. The van der Waals surface area contributed by atoms with Crippen LogP contribution in [0.1, 0.15) is 22.8 Å². The minimum absolute atomic E-state index is 0.0370. The summed E-state index contributed by atoms with van der Waals surface area (Å²) in [5.74, 6) is -0.876.